The molecule has 110 valence electrons. The van der Waals surface area contributed by atoms with E-state index in [1.165, 1.54) is 0 Å². The Kier molecular flexibility index (Phi) is 5.88. The highest BCUT2D eigenvalue weighted by Gasteiger charge is 2.12. The van der Waals surface area contributed by atoms with E-state index in [4.69, 9.17) is 26.3 Å². The van der Waals surface area contributed by atoms with E-state index in [0.29, 0.717) is 29.7 Å². The van der Waals surface area contributed by atoms with E-state index < -0.39 is 0 Å². The normalized spacial score (nSPS) is 10.1. The Morgan fingerprint density at radius 3 is 2.95 bits per heavy atom. The quantitative estimate of drug-likeness (QED) is 0.625. The molecule has 0 aliphatic carbocycles. The number of nitrogens with zero attached hydrogens (tertiary/aromatic N) is 1. The second kappa shape index (κ2) is 7.89. The standard InChI is InChI=1S/C15H15ClN2O2S/c1-19-14-8-11(9-18-5-4-17)7-13(16)15(14)20-10-12-3-2-6-21-12/h2-3,6-8,18H,5,9-10H2,1H3. The lowest BCUT2D eigenvalue weighted by molar-refractivity contribution is 0.287. The van der Waals surface area contributed by atoms with Crippen molar-refractivity contribution >= 4 is 22.9 Å². The fraction of sp³-hybridized carbons (Fsp3) is 0.267. The van der Waals surface area contributed by atoms with Crippen molar-refractivity contribution in [2.75, 3.05) is 13.7 Å². The van der Waals surface area contributed by atoms with Crippen LogP contribution in [-0.4, -0.2) is 13.7 Å². The van der Waals surface area contributed by atoms with Crippen LogP contribution in [0.3, 0.4) is 0 Å². The Morgan fingerprint density at radius 2 is 2.29 bits per heavy atom. The molecule has 0 unspecified atom stereocenters. The minimum absolute atomic E-state index is 0.288. The number of ether oxygens (including phenoxy) is 2. The summed E-state index contributed by atoms with van der Waals surface area (Å²) in [6.07, 6.45) is 0. The van der Waals surface area contributed by atoms with Gasteiger partial charge in [-0.25, -0.2) is 0 Å². The first-order valence-electron chi connectivity index (χ1n) is 6.34. The predicted octanol–water partition coefficient (Wildman–Crippen LogP) is 3.60. The molecule has 1 N–H and O–H groups in total. The van der Waals surface area contributed by atoms with Crippen LogP contribution in [0.1, 0.15) is 10.4 Å². The second-order valence-electron chi connectivity index (χ2n) is 4.24. The topological polar surface area (TPSA) is 54.3 Å². The van der Waals surface area contributed by atoms with Crippen molar-refractivity contribution in [1.82, 2.24) is 5.32 Å². The maximum absolute atomic E-state index is 8.52. The first-order chi connectivity index (χ1) is 10.2. The van der Waals surface area contributed by atoms with Crippen molar-refractivity contribution in [3.8, 4) is 17.6 Å². The van der Waals surface area contributed by atoms with E-state index in [0.717, 1.165) is 10.4 Å². The molecule has 0 spiro atoms. The fourth-order valence-electron chi connectivity index (χ4n) is 1.82. The highest BCUT2D eigenvalue weighted by atomic mass is 35.5. The van der Waals surface area contributed by atoms with E-state index >= 15 is 0 Å². The third-order valence-electron chi connectivity index (χ3n) is 2.76. The van der Waals surface area contributed by atoms with E-state index in [1.54, 1.807) is 18.4 Å². The van der Waals surface area contributed by atoms with Gasteiger partial charge in [0.2, 0.25) is 0 Å². The molecule has 0 radical (unpaired) electrons. The van der Waals surface area contributed by atoms with Gasteiger partial charge in [0.05, 0.1) is 24.7 Å². The largest absolute Gasteiger partial charge is 0.493 e. The molecule has 0 bridgehead atoms. The average molecular weight is 323 g/mol. The second-order valence-corrected chi connectivity index (χ2v) is 5.68. The van der Waals surface area contributed by atoms with Crippen molar-refractivity contribution in [2.24, 2.45) is 0 Å². The molecule has 0 atom stereocenters. The Balaban J connectivity index is 2.11. The molecule has 2 rings (SSSR count). The molecule has 0 aliphatic rings. The van der Waals surface area contributed by atoms with E-state index in [9.17, 15) is 0 Å². The van der Waals surface area contributed by atoms with Crippen molar-refractivity contribution in [1.29, 1.82) is 5.26 Å². The number of thiophene rings is 1. The molecule has 0 saturated carbocycles. The minimum atomic E-state index is 0.288. The number of nitrogens with one attached hydrogen (secondary N) is 1. The van der Waals surface area contributed by atoms with Crippen LogP contribution in [-0.2, 0) is 13.2 Å². The number of hydrogen-bond donors (Lipinski definition) is 1. The van der Waals surface area contributed by atoms with Gasteiger partial charge in [0.15, 0.2) is 11.5 Å². The Bertz CT molecular complexity index is 623. The summed E-state index contributed by atoms with van der Waals surface area (Å²) in [5, 5.41) is 14.0. The van der Waals surface area contributed by atoms with Crippen LogP contribution < -0.4 is 14.8 Å². The summed E-state index contributed by atoms with van der Waals surface area (Å²) in [6, 6.07) is 9.69. The van der Waals surface area contributed by atoms with E-state index in [1.807, 2.05) is 35.7 Å². The highest BCUT2D eigenvalue weighted by Crippen LogP contribution is 2.37. The molecule has 0 amide bonds. The Hall–Kier alpha value is -1.74. The van der Waals surface area contributed by atoms with Crippen LogP contribution in [0.15, 0.2) is 29.6 Å². The maximum atomic E-state index is 8.52. The third-order valence-corrected chi connectivity index (χ3v) is 3.89. The highest BCUT2D eigenvalue weighted by molar-refractivity contribution is 7.09. The summed E-state index contributed by atoms with van der Waals surface area (Å²) in [4.78, 5) is 1.12. The number of halogens is 1. The predicted molar refractivity (Wildman–Crippen MR) is 84.0 cm³/mol. The molecule has 21 heavy (non-hydrogen) atoms. The number of methoxy groups -OCH3 is 1. The number of rotatable bonds is 7. The number of benzene rings is 1. The maximum Gasteiger partial charge on any atom is 0.180 e. The summed E-state index contributed by atoms with van der Waals surface area (Å²) in [6.45, 7) is 1.30. The van der Waals surface area contributed by atoms with E-state index in [2.05, 4.69) is 5.32 Å². The lowest BCUT2D eigenvalue weighted by atomic mass is 10.2. The minimum Gasteiger partial charge on any atom is -0.493 e. The summed E-state index contributed by atoms with van der Waals surface area (Å²) in [5.41, 5.74) is 0.940. The van der Waals surface area contributed by atoms with Gasteiger partial charge in [-0.1, -0.05) is 17.7 Å². The van der Waals surface area contributed by atoms with Crippen molar-refractivity contribution in [3.63, 3.8) is 0 Å². The average Bonchev–Trinajstić information content (AvgIpc) is 2.99. The number of nitriles is 1. The number of hydrogen-bond acceptors (Lipinski definition) is 5. The SMILES string of the molecule is COc1cc(CNCC#N)cc(Cl)c1OCc1cccs1. The molecular formula is C15H15ClN2O2S. The Morgan fingerprint density at radius 1 is 1.43 bits per heavy atom. The van der Waals surface area contributed by atoms with Crippen LogP contribution in [0.4, 0.5) is 0 Å². The van der Waals surface area contributed by atoms with Gasteiger partial charge < -0.3 is 14.8 Å². The summed E-state index contributed by atoms with van der Waals surface area (Å²) >= 11 is 7.90. The fourth-order valence-corrected chi connectivity index (χ4v) is 2.72. The first-order valence-corrected chi connectivity index (χ1v) is 7.59. The van der Waals surface area contributed by atoms with Crippen molar-refractivity contribution in [2.45, 2.75) is 13.2 Å². The van der Waals surface area contributed by atoms with Crippen LogP contribution in [0.2, 0.25) is 5.02 Å². The smallest absolute Gasteiger partial charge is 0.180 e. The van der Waals surface area contributed by atoms with E-state index in [-0.39, 0.29) is 6.54 Å². The zero-order valence-corrected chi connectivity index (χ0v) is 13.1. The van der Waals surface area contributed by atoms with Crippen LogP contribution in [0, 0.1) is 11.3 Å². The van der Waals surface area contributed by atoms with Crippen LogP contribution in [0.5, 0.6) is 11.5 Å². The van der Waals surface area contributed by atoms with Crippen molar-refractivity contribution in [3.05, 3.63) is 45.1 Å². The van der Waals surface area contributed by atoms with Gasteiger partial charge in [0, 0.05) is 11.4 Å². The summed E-state index contributed by atoms with van der Waals surface area (Å²) in [5.74, 6) is 1.13. The Labute approximate surface area is 132 Å². The summed E-state index contributed by atoms with van der Waals surface area (Å²) < 4.78 is 11.1. The van der Waals surface area contributed by atoms with Gasteiger partial charge in [0.1, 0.15) is 6.61 Å². The molecular weight excluding hydrogens is 308 g/mol. The first kappa shape index (κ1) is 15.6. The lowest BCUT2D eigenvalue weighted by Gasteiger charge is -2.14. The van der Waals surface area contributed by atoms with Crippen LogP contribution in [0.25, 0.3) is 0 Å². The van der Waals surface area contributed by atoms with Crippen LogP contribution >= 0.6 is 22.9 Å². The third kappa shape index (κ3) is 4.36. The zero-order chi connectivity index (χ0) is 15.1. The van der Waals surface area contributed by atoms with Gasteiger partial charge in [-0.3, -0.25) is 0 Å². The molecule has 1 aromatic carbocycles. The molecule has 0 saturated heterocycles. The monoisotopic (exact) mass is 322 g/mol. The van der Waals surface area contributed by atoms with Gasteiger partial charge in [0.25, 0.3) is 0 Å². The lowest BCUT2D eigenvalue weighted by Crippen LogP contribution is -2.13. The van der Waals surface area contributed by atoms with Gasteiger partial charge in [-0.2, -0.15) is 5.26 Å². The van der Waals surface area contributed by atoms with Crippen molar-refractivity contribution < 1.29 is 9.47 Å². The molecule has 0 fully saturated rings. The van der Waals surface area contributed by atoms with Gasteiger partial charge >= 0.3 is 0 Å². The molecule has 1 heterocycles. The molecule has 1 aromatic heterocycles. The molecule has 4 nitrogen and oxygen atoms in total. The van der Waals surface area contributed by atoms with Gasteiger partial charge in [-0.05, 0) is 29.1 Å². The molecule has 2 aromatic rings. The summed E-state index contributed by atoms with van der Waals surface area (Å²) in [7, 11) is 1.58. The zero-order valence-electron chi connectivity index (χ0n) is 11.6. The van der Waals surface area contributed by atoms with Gasteiger partial charge in [-0.15, -0.1) is 11.3 Å². The molecule has 0 aliphatic heterocycles. The molecule has 6 heteroatoms.